The SMILES string of the molecule is CNc1ccc(N2CCC(C(F)(F)F)CC2)cc1NC(=O)N(S)c1cc(CNC(=O)C(C)(C)C)ccc1Cl. The van der Waals surface area contributed by atoms with Gasteiger partial charge in [-0.3, -0.25) is 4.79 Å². The highest BCUT2D eigenvalue weighted by molar-refractivity contribution is 7.82. The summed E-state index contributed by atoms with van der Waals surface area (Å²) in [5, 5.41) is 8.95. The van der Waals surface area contributed by atoms with Gasteiger partial charge in [0.25, 0.3) is 0 Å². The smallest absolute Gasteiger partial charge is 0.386 e. The maximum absolute atomic E-state index is 13.1. The summed E-state index contributed by atoms with van der Waals surface area (Å²) >= 11 is 10.7. The average molecular weight is 572 g/mol. The van der Waals surface area contributed by atoms with E-state index in [1.165, 1.54) is 0 Å². The Kier molecular flexibility index (Phi) is 9.35. The second kappa shape index (κ2) is 11.9. The van der Waals surface area contributed by atoms with Crippen molar-refractivity contribution in [3.8, 4) is 0 Å². The van der Waals surface area contributed by atoms with Gasteiger partial charge in [-0.25, -0.2) is 9.10 Å². The van der Waals surface area contributed by atoms with Gasteiger partial charge in [0.15, 0.2) is 0 Å². The number of nitrogens with one attached hydrogen (secondary N) is 3. The molecule has 2 aromatic carbocycles. The molecule has 1 aliphatic heterocycles. The Bertz CT molecular complexity index is 1160. The van der Waals surface area contributed by atoms with Crippen LogP contribution < -0.4 is 25.2 Å². The third kappa shape index (κ3) is 7.41. The zero-order valence-electron chi connectivity index (χ0n) is 21.7. The largest absolute Gasteiger partial charge is 0.391 e. The minimum Gasteiger partial charge on any atom is -0.386 e. The van der Waals surface area contributed by atoms with Crippen LogP contribution in [0.3, 0.4) is 0 Å². The van der Waals surface area contributed by atoms with Crippen molar-refractivity contribution in [2.24, 2.45) is 11.3 Å². The van der Waals surface area contributed by atoms with Gasteiger partial charge in [-0.2, -0.15) is 13.2 Å². The molecule has 2 aromatic rings. The van der Waals surface area contributed by atoms with Crippen LogP contribution in [0.5, 0.6) is 0 Å². The summed E-state index contributed by atoms with van der Waals surface area (Å²) in [6.45, 7) is 6.23. The molecule has 0 saturated carbocycles. The van der Waals surface area contributed by atoms with Gasteiger partial charge in [0.2, 0.25) is 5.91 Å². The van der Waals surface area contributed by atoms with Crippen LogP contribution in [0.15, 0.2) is 36.4 Å². The quantitative estimate of drug-likeness (QED) is 0.291. The molecule has 3 N–H and O–H groups in total. The number of rotatable bonds is 6. The number of benzene rings is 2. The summed E-state index contributed by atoms with van der Waals surface area (Å²) in [6, 6.07) is 9.73. The van der Waals surface area contributed by atoms with Gasteiger partial charge in [-0.05, 0) is 48.7 Å². The van der Waals surface area contributed by atoms with Gasteiger partial charge in [0, 0.05) is 37.8 Å². The van der Waals surface area contributed by atoms with E-state index in [9.17, 15) is 22.8 Å². The molecule has 0 radical (unpaired) electrons. The minimum atomic E-state index is -4.19. The summed E-state index contributed by atoms with van der Waals surface area (Å²) in [6.07, 6.45) is -4.14. The lowest BCUT2D eigenvalue weighted by Gasteiger charge is -2.34. The molecule has 7 nitrogen and oxygen atoms in total. The van der Waals surface area contributed by atoms with Gasteiger partial charge < -0.3 is 20.9 Å². The Balaban J connectivity index is 1.73. The molecule has 0 spiro atoms. The van der Waals surface area contributed by atoms with Crippen molar-refractivity contribution in [1.29, 1.82) is 0 Å². The summed E-state index contributed by atoms with van der Waals surface area (Å²) in [5.41, 5.74) is 2.29. The molecule has 0 aromatic heterocycles. The van der Waals surface area contributed by atoms with Crippen LogP contribution in [-0.4, -0.2) is 38.3 Å². The third-order valence-electron chi connectivity index (χ3n) is 6.40. The molecule has 0 atom stereocenters. The Hall–Kier alpha value is -2.79. The van der Waals surface area contributed by atoms with Crippen molar-refractivity contribution in [2.45, 2.75) is 46.3 Å². The Morgan fingerprint density at radius 1 is 1.08 bits per heavy atom. The Morgan fingerprint density at radius 3 is 2.32 bits per heavy atom. The van der Waals surface area contributed by atoms with Gasteiger partial charge in [0.05, 0.1) is 28.0 Å². The van der Waals surface area contributed by atoms with Crippen molar-refractivity contribution in [1.82, 2.24) is 5.32 Å². The molecule has 12 heteroatoms. The molecule has 3 amide bonds. The van der Waals surface area contributed by atoms with E-state index in [1.54, 1.807) is 43.4 Å². The van der Waals surface area contributed by atoms with Crippen molar-refractivity contribution in [3.05, 3.63) is 47.0 Å². The van der Waals surface area contributed by atoms with Crippen LogP contribution in [0, 0.1) is 11.3 Å². The highest BCUT2D eigenvalue weighted by Crippen LogP contribution is 2.37. The first-order chi connectivity index (χ1) is 17.7. The number of hydrogen-bond acceptors (Lipinski definition) is 5. The fraction of sp³-hybridized carbons (Fsp3) is 0.462. The van der Waals surface area contributed by atoms with E-state index in [-0.39, 0.29) is 43.4 Å². The Labute approximate surface area is 231 Å². The number of anilines is 4. The number of urea groups is 1. The number of carbonyl (C=O) groups excluding carboxylic acids is 2. The van der Waals surface area contributed by atoms with Crippen LogP contribution in [0.4, 0.5) is 40.7 Å². The lowest BCUT2D eigenvalue weighted by Crippen LogP contribution is -2.39. The molecule has 1 aliphatic rings. The first kappa shape index (κ1) is 29.8. The molecular weight excluding hydrogens is 539 g/mol. The number of nitrogens with zero attached hydrogens (tertiary/aromatic N) is 2. The van der Waals surface area contributed by atoms with E-state index in [4.69, 9.17) is 11.6 Å². The number of alkyl halides is 3. The normalized spacial score (nSPS) is 14.7. The van der Waals surface area contributed by atoms with E-state index in [1.807, 2.05) is 25.7 Å². The second-order valence-corrected chi connectivity index (χ2v) is 11.1. The minimum absolute atomic E-state index is 0.0223. The number of hydrogen-bond donors (Lipinski definition) is 4. The molecule has 3 rings (SSSR count). The summed E-state index contributed by atoms with van der Waals surface area (Å²) < 4.78 is 40.2. The molecule has 1 heterocycles. The standard InChI is InChI=1S/C26H33ClF3N5O2S/c1-25(2,3)23(36)32-15-16-5-7-19(27)22(13-16)35(38)24(37)33-21-14-18(6-8-20(21)31-4)34-11-9-17(10-12-34)26(28,29)30/h5-8,13-14,17,31,38H,9-12,15H2,1-4H3,(H,32,36)(H,33,37). The van der Waals surface area contributed by atoms with E-state index in [0.29, 0.717) is 22.7 Å². The molecule has 0 aliphatic carbocycles. The second-order valence-electron chi connectivity index (χ2n) is 10.2. The zero-order chi connectivity index (χ0) is 28.3. The first-order valence-corrected chi connectivity index (χ1v) is 13.0. The van der Waals surface area contributed by atoms with E-state index in [2.05, 4.69) is 28.8 Å². The summed E-state index contributed by atoms with van der Waals surface area (Å²) in [5.74, 6) is -1.41. The predicted octanol–water partition coefficient (Wildman–Crippen LogP) is 6.71. The van der Waals surface area contributed by atoms with E-state index in [0.717, 1.165) is 9.87 Å². The predicted molar refractivity (Wildman–Crippen MR) is 150 cm³/mol. The van der Waals surface area contributed by atoms with Crippen molar-refractivity contribution >= 4 is 59.1 Å². The number of amides is 3. The number of carbonyl (C=O) groups is 2. The molecular formula is C26H33ClF3N5O2S. The van der Waals surface area contributed by atoms with Crippen molar-refractivity contribution in [2.75, 3.05) is 40.0 Å². The van der Waals surface area contributed by atoms with Gasteiger partial charge >= 0.3 is 12.2 Å². The molecule has 208 valence electrons. The maximum Gasteiger partial charge on any atom is 0.391 e. The highest BCUT2D eigenvalue weighted by Gasteiger charge is 2.41. The lowest BCUT2D eigenvalue weighted by molar-refractivity contribution is -0.179. The van der Waals surface area contributed by atoms with Crippen LogP contribution in [0.1, 0.15) is 39.2 Å². The Morgan fingerprint density at radius 2 is 1.74 bits per heavy atom. The van der Waals surface area contributed by atoms with Gasteiger partial charge in [-0.15, -0.1) is 0 Å². The molecule has 1 fully saturated rings. The molecule has 0 unspecified atom stereocenters. The van der Waals surface area contributed by atoms with Crippen LogP contribution in [0.2, 0.25) is 5.02 Å². The van der Waals surface area contributed by atoms with Crippen molar-refractivity contribution < 1.29 is 22.8 Å². The van der Waals surface area contributed by atoms with Gasteiger partial charge in [-0.1, -0.05) is 51.3 Å². The zero-order valence-corrected chi connectivity index (χ0v) is 23.4. The fourth-order valence-electron chi connectivity index (χ4n) is 4.07. The number of thiol groups is 1. The van der Waals surface area contributed by atoms with Crippen molar-refractivity contribution in [3.63, 3.8) is 0 Å². The van der Waals surface area contributed by atoms with E-state index < -0.39 is 23.5 Å². The fourth-order valence-corrected chi connectivity index (χ4v) is 4.55. The number of piperidine rings is 1. The van der Waals surface area contributed by atoms with E-state index >= 15 is 0 Å². The number of halogens is 4. The summed E-state index contributed by atoms with van der Waals surface area (Å²) in [7, 11) is 1.70. The van der Waals surface area contributed by atoms with Gasteiger partial charge in [0.1, 0.15) is 0 Å². The first-order valence-electron chi connectivity index (χ1n) is 12.2. The van der Waals surface area contributed by atoms with Crippen LogP contribution >= 0.6 is 24.4 Å². The summed E-state index contributed by atoms with van der Waals surface area (Å²) in [4.78, 5) is 27.2. The highest BCUT2D eigenvalue weighted by atomic mass is 35.5. The molecule has 1 saturated heterocycles. The van der Waals surface area contributed by atoms with Crippen LogP contribution in [0.25, 0.3) is 0 Å². The topological polar surface area (TPSA) is 76.7 Å². The lowest BCUT2D eigenvalue weighted by atomic mass is 9.95. The third-order valence-corrected chi connectivity index (χ3v) is 7.12. The van der Waals surface area contributed by atoms with Crippen LogP contribution in [-0.2, 0) is 11.3 Å². The molecule has 38 heavy (non-hydrogen) atoms. The molecule has 0 bridgehead atoms. The maximum atomic E-state index is 13.1. The average Bonchev–Trinajstić information content (AvgIpc) is 2.86. The monoisotopic (exact) mass is 571 g/mol.